The second kappa shape index (κ2) is 3.02. The van der Waals surface area contributed by atoms with Crippen molar-refractivity contribution in [2.24, 2.45) is 5.73 Å². The van der Waals surface area contributed by atoms with Gasteiger partial charge in [0.2, 0.25) is 0 Å². The van der Waals surface area contributed by atoms with Crippen LogP contribution in [0.3, 0.4) is 0 Å². The zero-order chi connectivity index (χ0) is 6.57. The van der Waals surface area contributed by atoms with E-state index in [1.54, 1.807) is 0 Å². The molecule has 4 amide bonds. The number of hydrogen-bond donors (Lipinski definition) is 3. The highest BCUT2D eigenvalue weighted by Gasteiger charge is 1.95. The first-order valence-electron chi connectivity index (χ1n) is 1.95. The zero-order valence-corrected chi connectivity index (χ0v) is 6.39. The summed E-state index contributed by atoms with van der Waals surface area (Å²) in [5.74, 6) is 0. The van der Waals surface area contributed by atoms with Gasteiger partial charge >= 0.3 is 12.1 Å². The second-order valence-corrected chi connectivity index (χ2v) is 1.57. The van der Waals surface area contributed by atoms with Crippen molar-refractivity contribution in [1.82, 2.24) is 10.3 Å². The lowest BCUT2D eigenvalue weighted by Crippen LogP contribution is -2.41. The number of amides is 4. The molecule has 0 aliphatic heterocycles. The molecule has 0 bridgehead atoms. The lowest BCUT2D eigenvalue weighted by molar-refractivity contribution is 0.235. The molecule has 0 rings (SSSR count). The van der Waals surface area contributed by atoms with Gasteiger partial charge in [0.25, 0.3) is 0 Å². The summed E-state index contributed by atoms with van der Waals surface area (Å²) in [7, 11) is 0.508. The molecule has 0 fully saturated rings. The third-order valence-corrected chi connectivity index (χ3v) is 0.918. The average molecular weight is 133 g/mol. The summed E-state index contributed by atoms with van der Waals surface area (Å²) in [4.78, 5) is 22.3. The molecule has 0 radical (unpaired) electrons. The molecule has 46 valence electrons. The van der Waals surface area contributed by atoms with Crippen LogP contribution in [0.2, 0.25) is 0 Å². The SMILES string of the molecule is NC(=O)NC(=O)N[SiH3]. The van der Waals surface area contributed by atoms with Gasteiger partial charge in [0, 0.05) is 0 Å². The molecule has 0 spiro atoms. The molecule has 8 heavy (non-hydrogen) atoms. The van der Waals surface area contributed by atoms with Gasteiger partial charge < -0.3 is 10.7 Å². The summed E-state index contributed by atoms with van der Waals surface area (Å²) in [6.07, 6.45) is 0. The number of carbonyl (C=O) groups is 2. The first kappa shape index (κ1) is 6.96. The number of imide groups is 1. The van der Waals surface area contributed by atoms with Crippen LogP contribution in [0, 0.1) is 0 Å². The van der Waals surface area contributed by atoms with Gasteiger partial charge in [-0.05, 0) is 0 Å². The number of nitrogens with one attached hydrogen (secondary N) is 2. The van der Waals surface area contributed by atoms with E-state index < -0.39 is 12.1 Å². The van der Waals surface area contributed by atoms with Gasteiger partial charge in [0.05, 0.1) is 0 Å². The van der Waals surface area contributed by atoms with Crippen LogP contribution < -0.4 is 16.0 Å². The minimum atomic E-state index is -0.835. The molecule has 0 heterocycles. The molecule has 0 aromatic heterocycles. The van der Waals surface area contributed by atoms with Crippen LogP contribution in [0.1, 0.15) is 0 Å². The smallest absolute Gasteiger partial charge is 0.320 e. The summed E-state index contributed by atoms with van der Waals surface area (Å²) in [5, 5.41) is 1.82. The van der Waals surface area contributed by atoms with Crippen molar-refractivity contribution >= 4 is 22.5 Å². The maximum absolute atomic E-state index is 10.1. The Bertz CT molecular complexity index is 114. The summed E-state index contributed by atoms with van der Waals surface area (Å²) in [5.41, 5.74) is 4.57. The topological polar surface area (TPSA) is 84.2 Å². The standard InChI is InChI=1S/C2H7N3O2Si/c3-1(6)4-2(7)5-8/h8H3,(H4,3,4,5,6,7). The molecule has 0 atom stereocenters. The van der Waals surface area contributed by atoms with Crippen molar-refractivity contribution in [2.75, 3.05) is 0 Å². The normalized spacial score (nSPS) is 8.00. The Morgan fingerprint density at radius 3 is 2.12 bits per heavy atom. The maximum Gasteiger partial charge on any atom is 0.320 e. The van der Waals surface area contributed by atoms with E-state index >= 15 is 0 Å². The number of nitrogens with two attached hydrogens (primary N) is 1. The number of rotatable bonds is 0. The fraction of sp³-hybridized carbons (Fsp3) is 0. The van der Waals surface area contributed by atoms with E-state index in [0.717, 1.165) is 0 Å². The molecular formula is C2H7N3O2Si. The Hall–Kier alpha value is -1.04. The van der Waals surface area contributed by atoms with Gasteiger partial charge in [-0.3, -0.25) is 5.32 Å². The molecule has 0 aliphatic carbocycles. The molecule has 0 aliphatic rings. The lowest BCUT2D eigenvalue weighted by atomic mass is 10.9. The number of urea groups is 2. The fourth-order valence-electron chi connectivity index (χ4n) is 0.174. The minimum absolute atomic E-state index is 0.508. The fourth-order valence-corrected chi connectivity index (χ4v) is 0.299. The third kappa shape index (κ3) is 3.16. The highest BCUT2D eigenvalue weighted by Crippen LogP contribution is 1.56. The Balaban J connectivity index is 3.40. The van der Waals surface area contributed by atoms with Crippen LogP contribution in [0.5, 0.6) is 0 Å². The van der Waals surface area contributed by atoms with Gasteiger partial charge in [-0.15, -0.1) is 0 Å². The van der Waals surface area contributed by atoms with Crippen LogP contribution >= 0.6 is 0 Å². The molecule has 0 unspecified atom stereocenters. The van der Waals surface area contributed by atoms with Gasteiger partial charge in [0.1, 0.15) is 10.4 Å². The number of carbonyl (C=O) groups excluding carboxylic acids is 2. The molecule has 0 saturated heterocycles. The van der Waals surface area contributed by atoms with E-state index in [4.69, 9.17) is 0 Å². The van der Waals surface area contributed by atoms with Crippen molar-refractivity contribution in [2.45, 2.75) is 0 Å². The van der Waals surface area contributed by atoms with E-state index in [9.17, 15) is 9.59 Å². The van der Waals surface area contributed by atoms with E-state index in [0.29, 0.717) is 10.4 Å². The van der Waals surface area contributed by atoms with Gasteiger partial charge in [-0.25, -0.2) is 9.59 Å². The molecule has 5 nitrogen and oxygen atoms in total. The van der Waals surface area contributed by atoms with Crippen molar-refractivity contribution in [3.05, 3.63) is 0 Å². The maximum atomic E-state index is 10.1. The van der Waals surface area contributed by atoms with Gasteiger partial charge in [-0.1, -0.05) is 0 Å². The number of primary amides is 1. The second-order valence-electron chi connectivity index (χ2n) is 1.07. The molecule has 4 N–H and O–H groups in total. The van der Waals surface area contributed by atoms with Crippen molar-refractivity contribution in [3.8, 4) is 0 Å². The molecule has 0 aromatic carbocycles. The monoisotopic (exact) mass is 133 g/mol. The summed E-state index contributed by atoms with van der Waals surface area (Å²) >= 11 is 0. The molecular weight excluding hydrogens is 126 g/mol. The van der Waals surface area contributed by atoms with Crippen molar-refractivity contribution in [3.63, 3.8) is 0 Å². The first-order chi connectivity index (χ1) is 3.66. The molecule has 6 heteroatoms. The Morgan fingerprint density at radius 2 is 2.00 bits per heavy atom. The molecule has 0 saturated carbocycles. The van der Waals surface area contributed by atoms with E-state index in [1.807, 2.05) is 5.32 Å². The first-order valence-corrected chi connectivity index (χ1v) is 2.95. The van der Waals surface area contributed by atoms with Crippen molar-refractivity contribution in [1.29, 1.82) is 0 Å². The predicted molar refractivity (Wildman–Crippen MR) is 31.2 cm³/mol. The predicted octanol–water partition coefficient (Wildman–Crippen LogP) is -2.36. The highest BCUT2D eigenvalue weighted by atomic mass is 28.2. The Morgan fingerprint density at radius 1 is 1.50 bits per heavy atom. The number of hydrogen-bond acceptors (Lipinski definition) is 2. The summed E-state index contributed by atoms with van der Waals surface area (Å²) < 4.78 is 0. The summed E-state index contributed by atoms with van der Waals surface area (Å²) in [6, 6.07) is -1.37. The highest BCUT2D eigenvalue weighted by molar-refractivity contribution is 6.15. The van der Waals surface area contributed by atoms with Crippen molar-refractivity contribution < 1.29 is 9.59 Å². The lowest BCUT2D eigenvalue weighted by Gasteiger charge is -1.95. The van der Waals surface area contributed by atoms with E-state index in [1.165, 1.54) is 0 Å². The van der Waals surface area contributed by atoms with Gasteiger partial charge in [0.15, 0.2) is 0 Å². The third-order valence-electron chi connectivity index (χ3n) is 0.464. The van der Waals surface area contributed by atoms with Crippen LogP contribution in [-0.2, 0) is 0 Å². The summed E-state index contributed by atoms with van der Waals surface area (Å²) in [6.45, 7) is 0. The van der Waals surface area contributed by atoms with Crippen LogP contribution in [0.15, 0.2) is 0 Å². The quantitative estimate of drug-likeness (QED) is 0.323. The van der Waals surface area contributed by atoms with Crippen LogP contribution in [-0.4, -0.2) is 22.5 Å². The van der Waals surface area contributed by atoms with Gasteiger partial charge in [-0.2, -0.15) is 0 Å². The van der Waals surface area contributed by atoms with E-state index in [-0.39, 0.29) is 0 Å². The van der Waals surface area contributed by atoms with E-state index in [2.05, 4.69) is 10.7 Å². The minimum Gasteiger partial charge on any atom is -0.373 e. The Labute approximate surface area is 49.1 Å². The van der Waals surface area contributed by atoms with Crippen LogP contribution in [0.4, 0.5) is 9.59 Å². The van der Waals surface area contributed by atoms with Crippen LogP contribution in [0.25, 0.3) is 0 Å². The molecule has 0 aromatic rings. The average Bonchev–Trinajstić information content (AvgIpc) is 1.65. The zero-order valence-electron chi connectivity index (χ0n) is 4.39. The largest absolute Gasteiger partial charge is 0.373 e. The Kier molecular flexibility index (Phi) is 2.63.